The van der Waals surface area contributed by atoms with Crippen LogP contribution in [0.1, 0.15) is 26.2 Å². The topological polar surface area (TPSA) is 89.5 Å². The molecule has 6 nitrogen and oxygen atoms in total. The Morgan fingerprint density at radius 3 is 2.50 bits per heavy atom. The van der Waals surface area contributed by atoms with Crippen LogP contribution in [0.2, 0.25) is 0 Å². The monoisotopic (exact) mass is 275 g/mol. The van der Waals surface area contributed by atoms with Crippen molar-refractivity contribution >= 4 is 28.5 Å². The van der Waals surface area contributed by atoms with Gasteiger partial charge in [0.15, 0.2) is 5.78 Å². The number of ketones is 1. The number of amides is 1. The molecule has 102 valence electrons. The Morgan fingerprint density at radius 1 is 1.28 bits per heavy atom. The van der Waals surface area contributed by atoms with Crippen LogP contribution < -0.4 is 5.32 Å². The molecule has 1 saturated carbocycles. The summed E-state index contributed by atoms with van der Waals surface area (Å²) in [5.74, 6) is -1.87. The van der Waals surface area contributed by atoms with Gasteiger partial charge in [-0.15, -0.1) is 0 Å². The van der Waals surface area contributed by atoms with Crippen molar-refractivity contribution < 1.29 is 23.3 Å². The van der Waals surface area contributed by atoms with E-state index in [-0.39, 0.29) is 36.5 Å². The summed E-state index contributed by atoms with van der Waals surface area (Å²) in [7, 11) is -1.56. The van der Waals surface area contributed by atoms with Crippen LogP contribution in [0, 0.1) is 0 Å². The van der Waals surface area contributed by atoms with E-state index in [9.17, 15) is 18.6 Å². The SMILES string of the molecule is CCOC(=O)CC(=O)CS(=O)CC(=O)NC1CC1. The summed E-state index contributed by atoms with van der Waals surface area (Å²) in [5, 5.41) is 2.68. The lowest BCUT2D eigenvalue weighted by Crippen LogP contribution is -2.31. The van der Waals surface area contributed by atoms with Crippen molar-refractivity contribution in [1.29, 1.82) is 0 Å². The molecule has 1 rings (SSSR count). The zero-order chi connectivity index (χ0) is 13.5. The van der Waals surface area contributed by atoms with Crippen molar-refractivity contribution in [2.24, 2.45) is 0 Å². The Kier molecular flexibility index (Phi) is 5.97. The highest BCUT2D eigenvalue weighted by atomic mass is 32.2. The van der Waals surface area contributed by atoms with E-state index in [1.165, 1.54) is 0 Å². The minimum Gasteiger partial charge on any atom is -0.466 e. The maximum absolute atomic E-state index is 11.5. The molecular weight excluding hydrogens is 258 g/mol. The molecule has 1 atom stereocenters. The van der Waals surface area contributed by atoms with Gasteiger partial charge in [0.25, 0.3) is 0 Å². The molecule has 0 aliphatic heterocycles. The number of rotatable bonds is 8. The van der Waals surface area contributed by atoms with E-state index in [1.807, 2.05) is 0 Å². The van der Waals surface area contributed by atoms with E-state index < -0.39 is 22.6 Å². The van der Waals surface area contributed by atoms with E-state index in [0.29, 0.717) is 0 Å². The molecule has 18 heavy (non-hydrogen) atoms. The van der Waals surface area contributed by atoms with Crippen molar-refractivity contribution in [2.75, 3.05) is 18.1 Å². The Balaban J connectivity index is 2.19. The molecule has 0 aromatic carbocycles. The molecule has 0 bridgehead atoms. The van der Waals surface area contributed by atoms with E-state index in [4.69, 9.17) is 0 Å². The van der Waals surface area contributed by atoms with Crippen molar-refractivity contribution in [1.82, 2.24) is 5.32 Å². The highest BCUT2D eigenvalue weighted by Gasteiger charge is 2.24. The van der Waals surface area contributed by atoms with Gasteiger partial charge in [-0.2, -0.15) is 0 Å². The number of Topliss-reactive ketones (excluding diaryl/α,β-unsaturated/α-hetero) is 1. The predicted molar refractivity (Wildman–Crippen MR) is 65.3 cm³/mol. The second kappa shape index (κ2) is 7.25. The average molecular weight is 275 g/mol. The molecule has 0 spiro atoms. The lowest BCUT2D eigenvalue weighted by Gasteiger charge is -2.03. The molecule has 0 saturated heterocycles. The van der Waals surface area contributed by atoms with E-state index in [2.05, 4.69) is 10.1 Å². The van der Waals surface area contributed by atoms with E-state index in [1.54, 1.807) is 6.92 Å². The Labute approximate surface area is 108 Å². The first kappa shape index (κ1) is 14.8. The second-order valence-electron chi connectivity index (χ2n) is 4.09. The van der Waals surface area contributed by atoms with Gasteiger partial charge in [-0.3, -0.25) is 18.6 Å². The summed E-state index contributed by atoms with van der Waals surface area (Å²) >= 11 is 0. The van der Waals surface area contributed by atoms with Crippen molar-refractivity contribution in [3.8, 4) is 0 Å². The van der Waals surface area contributed by atoms with Crippen LogP contribution in [0.5, 0.6) is 0 Å². The molecule has 7 heteroatoms. The average Bonchev–Trinajstić information content (AvgIpc) is 3.00. The maximum Gasteiger partial charge on any atom is 0.313 e. The number of carbonyl (C=O) groups excluding carboxylic acids is 3. The maximum atomic E-state index is 11.5. The number of carbonyl (C=O) groups is 3. The number of hydrogen-bond acceptors (Lipinski definition) is 5. The fourth-order valence-corrected chi connectivity index (χ4v) is 2.24. The highest BCUT2D eigenvalue weighted by molar-refractivity contribution is 7.86. The zero-order valence-electron chi connectivity index (χ0n) is 10.3. The van der Waals surface area contributed by atoms with Crippen LogP contribution in [0.3, 0.4) is 0 Å². The summed E-state index contributed by atoms with van der Waals surface area (Å²) in [6.07, 6.45) is 1.53. The van der Waals surface area contributed by atoms with Gasteiger partial charge < -0.3 is 10.1 Å². The summed E-state index contributed by atoms with van der Waals surface area (Å²) in [6, 6.07) is 0.213. The van der Waals surface area contributed by atoms with Crippen LogP contribution in [0.25, 0.3) is 0 Å². The molecule has 1 fully saturated rings. The van der Waals surface area contributed by atoms with Gasteiger partial charge in [0.05, 0.1) is 12.4 Å². The quantitative estimate of drug-likeness (QED) is 0.478. The first-order valence-electron chi connectivity index (χ1n) is 5.83. The van der Waals surface area contributed by atoms with Gasteiger partial charge in [-0.25, -0.2) is 0 Å². The first-order valence-corrected chi connectivity index (χ1v) is 7.31. The third-order valence-corrected chi connectivity index (χ3v) is 3.43. The third-order valence-electron chi connectivity index (χ3n) is 2.20. The molecular formula is C11H17NO5S. The predicted octanol–water partition coefficient (Wildman–Crippen LogP) is -0.464. The van der Waals surface area contributed by atoms with E-state index >= 15 is 0 Å². The largest absolute Gasteiger partial charge is 0.466 e. The van der Waals surface area contributed by atoms with Crippen molar-refractivity contribution in [2.45, 2.75) is 32.2 Å². The standard InChI is InChI=1S/C11H17NO5S/c1-2-17-11(15)5-9(13)6-18(16)7-10(14)12-8-3-4-8/h8H,2-7H2,1H3,(H,12,14). The molecule has 0 heterocycles. The molecule has 1 amide bonds. The van der Waals surface area contributed by atoms with Gasteiger partial charge in [0.2, 0.25) is 5.91 Å². The van der Waals surface area contributed by atoms with Crippen LogP contribution in [-0.2, 0) is 29.9 Å². The molecule has 1 N–H and O–H groups in total. The zero-order valence-corrected chi connectivity index (χ0v) is 11.1. The van der Waals surface area contributed by atoms with Gasteiger partial charge in [-0.1, -0.05) is 0 Å². The molecule has 1 unspecified atom stereocenters. The summed E-state index contributed by atoms with van der Waals surface area (Å²) in [6.45, 7) is 1.85. The number of esters is 1. The Hall–Kier alpha value is -1.24. The third kappa shape index (κ3) is 6.48. The summed E-state index contributed by atoms with van der Waals surface area (Å²) in [4.78, 5) is 33.6. The van der Waals surface area contributed by atoms with Crippen LogP contribution >= 0.6 is 0 Å². The van der Waals surface area contributed by atoms with Crippen LogP contribution in [0.15, 0.2) is 0 Å². The molecule has 0 aromatic heterocycles. The van der Waals surface area contributed by atoms with Crippen molar-refractivity contribution in [3.63, 3.8) is 0 Å². The summed E-state index contributed by atoms with van der Waals surface area (Å²) in [5.41, 5.74) is 0. The number of nitrogens with one attached hydrogen (secondary N) is 1. The second-order valence-corrected chi connectivity index (χ2v) is 5.55. The fourth-order valence-electron chi connectivity index (χ4n) is 1.30. The highest BCUT2D eigenvalue weighted by Crippen LogP contribution is 2.18. The molecule has 1 aliphatic carbocycles. The van der Waals surface area contributed by atoms with Gasteiger partial charge in [0.1, 0.15) is 12.2 Å². The number of ether oxygens (including phenoxy) is 1. The van der Waals surface area contributed by atoms with Crippen LogP contribution in [0.4, 0.5) is 0 Å². The van der Waals surface area contributed by atoms with Gasteiger partial charge in [-0.05, 0) is 19.8 Å². The normalized spacial score (nSPS) is 15.8. The first-order chi connectivity index (χ1) is 8.51. The van der Waals surface area contributed by atoms with Gasteiger partial charge >= 0.3 is 5.97 Å². The fraction of sp³-hybridized carbons (Fsp3) is 0.727. The lowest BCUT2D eigenvalue weighted by atomic mass is 10.3. The minimum absolute atomic E-state index is 0.189. The molecule has 0 aromatic rings. The minimum atomic E-state index is -1.56. The van der Waals surface area contributed by atoms with Crippen molar-refractivity contribution in [3.05, 3.63) is 0 Å². The smallest absolute Gasteiger partial charge is 0.313 e. The van der Waals surface area contributed by atoms with E-state index in [0.717, 1.165) is 12.8 Å². The molecule has 0 radical (unpaired) electrons. The molecule has 1 aliphatic rings. The van der Waals surface area contributed by atoms with Gasteiger partial charge in [0, 0.05) is 16.8 Å². The van der Waals surface area contributed by atoms with Crippen LogP contribution in [-0.4, -0.2) is 46.0 Å². The lowest BCUT2D eigenvalue weighted by molar-refractivity contribution is -0.145. The number of hydrogen-bond donors (Lipinski definition) is 1. The summed E-state index contributed by atoms with van der Waals surface area (Å²) < 4.78 is 16.1. The Bertz CT molecular complexity index is 364. The Morgan fingerprint density at radius 2 is 1.94 bits per heavy atom.